The summed E-state index contributed by atoms with van der Waals surface area (Å²) in [5.74, 6) is 0.906. The van der Waals surface area contributed by atoms with Crippen molar-refractivity contribution in [2.75, 3.05) is 12.4 Å². The first kappa shape index (κ1) is 14.4. The van der Waals surface area contributed by atoms with Gasteiger partial charge in [0, 0.05) is 11.7 Å². The highest BCUT2D eigenvalue weighted by atomic mass is 16.5. The third-order valence-corrected chi connectivity index (χ3v) is 3.48. The van der Waals surface area contributed by atoms with E-state index in [4.69, 9.17) is 4.74 Å². The van der Waals surface area contributed by atoms with Crippen LogP contribution < -0.4 is 10.1 Å². The summed E-state index contributed by atoms with van der Waals surface area (Å²) in [5.41, 5.74) is 5.13. The van der Waals surface area contributed by atoms with Crippen LogP contribution in [0, 0.1) is 13.8 Å². The van der Waals surface area contributed by atoms with Gasteiger partial charge in [-0.3, -0.25) is 0 Å². The van der Waals surface area contributed by atoms with Gasteiger partial charge in [0.25, 0.3) is 0 Å². The van der Waals surface area contributed by atoms with Crippen LogP contribution >= 0.6 is 0 Å². The highest BCUT2D eigenvalue weighted by Gasteiger charge is 2.06. The minimum Gasteiger partial charge on any atom is -0.497 e. The Morgan fingerprint density at radius 3 is 2.35 bits per heavy atom. The third kappa shape index (κ3) is 3.77. The van der Waals surface area contributed by atoms with Gasteiger partial charge in [0.1, 0.15) is 5.75 Å². The molecule has 0 radical (unpaired) electrons. The maximum Gasteiger partial charge on any atom is 0.118 e. The fourth-order valence-corrected chi connectivity index (χ4v) is 2.41. The number of rotatable bonds is 5. The molecule has 0 aliphatic rings. The minimum absolute atomic E-state index is 0.393. The Morgan fingerprint density at radius 1 is 1.05 bits per heavy atom. The van der Waals surface area contributed by atoms with Crippen LogP contribution in [0.4, 0.5) is 5.69 Å². The van der Waals surface area contributed by atoms with E-state index >= 15 is 0 Å². The summed E-state index contributed by atoms with van der Waals surface area (Å²) in [7, 11) is 1.69. The van der Waals surface area contributed by atoms with Gasteiger partial charge < -0.3 is 10.1 Å². The lowest BCUT2D eigenvalue weighted by atomic mass is 10.1. The molecule has 2 aromatic rings. The molecule has 1 N–H and O–H groups in total. The molecule has 20 heavy (non-hydrogen) atoms. The van der Waals surface area contributed by atoms with Crippen molar-refractivity contribution in [3.05, 3.63) is 59.2 Å². The van der Waals surface area contributed by atoms with Gasteiger partial charge in [-0.2, -0.15) is 0 Å². The minimum atomic E-state index is 0.393. The summed E-state index contributed by atoms with van der Waals surface area (Å²) < 4.78 is 5.18. The van der Waals surface area contributed by atoms with Crippen LogP contribution in [0.3, 0.4) is 0 Å². The van der Waals surface area contributed by atoms with E-state index in [0.717, 1.165) is 12.2 Å². The van der Waals surface area contributed by atoms with E-state index in [2.05, 4.69) is 56.4 Å². The third-order valence-electron chi connectivity index (χ3n) is 3.48. The van der Waals surface area contributed by atoms with Gasteiger partial charge in [-0.25, -0.2) is 0 Å². The molecule has 2 heteroatoms. The number of aryl methyl sites for hydroxylation is 2. The summed E-state index contributed by atoms with van der Waals surface area (Å²) in [6.45, 7) is 6.48. The molecule has 0 bridgehead atoms. The summed E-state index contributed by atoms with van der Waals surface area (Å²) in [5, 5.41) is 3.58. The number of ether oxygens (including phenoxy) is 1. The monoisotopic (exact) mass is 269 g/mol. The largest absolute Gasteiger partial charge is 0.497 e. The van der Waals surface area contributed by atoms with Crippen molar-refractivity contribution < 1.29 is 4.74 Å². The average molecular weight is 269 g/mol. The zero-order valence-corrected chi connectivity index (χ0v) is 12.7. The molecule has 0 heterocycles. The second-order valence-corrected chi connectivity index (χ2v) is 5.42. The molecular weight excluding hydrogens is 246 g/mol. The molecule has 0 amide bonds. The number of hydrogen-bond donors (Lipinski definition) is 1. The molecule has 1 unspecified atom stereocenters. The van der Waals surface area contributed by atoms with E-state index in [-0.39, 0.29) is 0 Å². The Kier molecular flexibility index (Phi) is 4.67. The average Bonchev–Trinajstić information content (AvgIpc) is 2.43. The topological polar surface area (TPSA) is 21.3 Å². The highest BCUT2D eigenvalue weighted by Crippen LogP contribution is 2.19. The van der Waals surface area contributed by atoms with Gasteiger partial charge in [0.15, 0.2) is 0 Å². The van der Waals surface area contributed by atoms with Crippen LogP contribution in [-0.4, -0.2) is 13.2 Å². The van der Waals surface area contributed by atoms with E-state index < -0.39 is 0 Å². The quantitative estimate of drug-likeness (QED) is 0.871. The first-order chi connectivity index (χ1) is 9.58. The predicted octanol–water partition coefficient (Wildman–Crippen LogP) is 4.36. The molecule has 0 spiro atoms. The van der Waals surface area contributed by atoms with Crippen LogP contribution in [0.15, 0.2) is 42.5 Å². The summed E-state index contributed by atoms with van der Waals surface area (Å²) >= 11 is 0. The van der Waals surface area contributed by atoms with Gasteiger partial charge in [0.2, 0.25) is 0 Å². The molecular formula is C18H23NO. The molecule has 2 rings (SSSR count). The van der Waals surface area contributed by atoms with Crippen LogP contribution in [0.1, 0.15) is 23.6 Å². The highest BCUT2D eigenvalue weighted by molar-refractivity contribution is 5.52. The van der Waals surface area contributed by atoms with Gasteiger partial charge in [-0.05, 0) is 56.5 Å². The van der Waals surface area contributed by atoms with E-state index in [1.807, 2.05) is 12.1 Å². The Hall–Kier alpha value is -1.96. The van der Waals surface area contributed by atoms with Crippen molar-refractivity contribution in [1.29, 1.82) is 0 Å². The number of nitrogens with one attached hydrogen (secondary N) is 1. The molecule has 0 fully saturated rings. The Morgan fingerprint density at radius 2 is 1.75 bits per heavy atom. The number of benzene rings is 2. The maximum atomic E-state index is 5.18. The molecule has 2 nitrogen and oxygen atoms in total. The molecule has 0 saturated heterocycles. The Bertz CT molecular complexity index is 560. The molecule has 0 saturated carbocycles. The Balaban J connectivity index is 1.99. The van der Waals surface area contributed by atoms with Crippen molar-refractivity contribution >= 4 is 5.69 Å². The molecule has 0 aliphatic heterocycles. The lowest BCUT2D eigenvalue weighted by Gasteiger charge is -2.17. The van der Waals surface area contributed by atoms with Crippen molar-refractivity contribution in [2.45, 2.75) is 33.2 Å². The van der Waals surface area contributed by atoms with Crippen LogP contribution in [0.25, 0.3) is 0 Å². The lowest BCUT2D eigenvalue weighted by Crippen LogP contribution is -2.18. The molecule has 106 valence electrons. The normalized spacial score (nSPS) is 12.0. The smallest absolute Gasteiger partial charge is 0.118 e. The maximum absolute atomic E-state index is 5.18. The standard InChI is InChI=1S/C18H23NO/c1-13-5-10-18(14(2)11-13)19-15(3)12-16-6-8-17(20-4)9-7-16/h5-11,15,19H,12H2,1-4H3. The number of anilines is 1. The van der Waals surface area contributed by atoms with Crippen molar-refractivity contribution in [3.8, 4) is 5.75 Å². The predicted molar refractivity (Wildman–Crippen MR) is 85.7 cm³/mol. The van der Waals surface area contributed by atoms with Crippen LogP contribution in [0.2, 0.25) is 0 Å². The second kappa shape index (κ2) is 6.47. The molecule has 1 atom stereocenters. The van der Waals surface area contributed by atoms with Crippen molar-refractivity contribution in [3.63, 3.8) is 0 Å². The van der Waals surface area contributed by atoms with Gasteiger partial charge in [-0.15, -0.1) is 0 Å². The molecule has 0 aliphatic carbocycles. The first-order valence-corrected chi connectivity index (χ1v) is 7.05. The first-order valence-electron chi connectivity index (χ1n) is 7.05. The van der Waals surface area contributed by atoms with Gasteiger partial charge >= 0.3 is 0 Å². The summed E-state index contributed by atoms with van der Waals surface area (Å²) in [6.07, 6.45) is 0.997. The number of methoxy groups -OCH3 is 1. The van der Waals surface area contributed by atoms with E-state index in [9.17, 15) is 0 Å². The second-order valence-electron chi connectivity index (χ2n) is 5.42. The van der Waals surface area contributed by atoms with Crippen LogP contribution in [0.5, 0.6) is 5.75 Å². The van der Waals surface area contributed by atoms with Crippen molar-refractivity contribution in [1.82, 2.24) is 0 Å². The van der Waals surface area contributed by atoms with Gasteiger partial charge in [0.05, 0.1) is 7.11 Å². The number of hydrogen-bond acceptors (Lipinski definition) is 2. The van der Waals surface area contributed by atoms with Crippen molar-refractivity contribution in [2.24, 2.45) is 0 Å². The van der Waals surface area contributed by atoms with E-state index in [0.29, 0.717) is 6.04 Å². The van der Waals surface area contributed by atoms with Crippen LogP contribution in [-0.2, 0) is 6.42 Å². The summed E-state index contributed by atoms with van der Waals surface area (Å²) in [4.78, 5) is 0. The van der Waals surface area contributed by atoms with E-state index in [1.165, 1.54) is 22.4 Å². The Labute approximate surface area is 121 Å². The fraction of sp³-hybridized carbons (Fsp3) is 0.333. The molecule has 2 aromatic carbocycles. The fourth-order valence-electron chi connectivity index (χ4n) is 2.41. The molecule has 0 aromatic heterocycles. The van der Waals surface area contributed by atoms with E-state index in [1.54, 1.807) is 7.11 Å². The lowest BCUT2D eigenvalue weighted by molar-refractivity contribution is 0.414. The zero-order chi connectivity index (χ0) is 14.5. The van der Waals surface area contributed by atoms with Gasteiger partial charge in [-0.1, -0.05) is 29.8 Å². The zero-order valence-electron chi connectivity index (χ0n) is 12.7. The summed E-state index contributed by atoms with van der Waals surface area (Å²) in [6, 6.07) is 15.2. The SMILES string of the molecule is COc1ccc(CC(C)Nc2ccc(C)cc2C)cc1.